The Labute approximate surface area is 101 Å². The molecule has 0 unspecified atom stereocenters. The van der Waals surface area contributed by atoms with Gasteiger partial charge in [0.2, 0.25) is 0 Å². The van der Waals surface area contributed by atoms with Crippen molar-refractivity contribution in [3.05, 3.63) is 29.5 Å². The van der Waals surface area contributed by atoms with Crippen molar-refractivity contribution in [3.8, 4) is 0 Å². The average Bonchev–Trinajstić information content (AvgIpc) is 2.60. The second kappa shape index (κ2) is 4.85. The summed E-state index contributed by atoms with van der Waals surface area (Å²) < 4.78 is 2.18. The van der Waals surface area contributed by atoms with Gasteiger partial charge in [-0.1, -0.05) is 11.6 Å². The molecule has 2 rings (SSSR count). The summed E-state index contributed by atoms with van der Waals surface area (Å²) in [5, 5.41) is 0.742. The van der Waals surface area contributed by atoms with Crippen molar-refractivity contribution in [1.82, 2.24) is 14.5 Å². The third kappa shape index (κ3) is 2.54. The zero-order chi connectivity index (χ0) is 11.5. The summed E-state index contributed by atoms with van der Waals surface area (Å²) in [7, 11) is 4.18. The van der Waals surface area contributed by atoms with Gasteiger partial charge < -0.3 is 9.47 Å². The average molecular weight is 238 g/mol. The molecule has 2 aromatic rings. The zero-order valence-electron chi connectivity index (χ0n) is 9.65. The topological polar surface area (TPSA) is 21.1 Å². The van der Waals surface area contributed by atoms with Crippen LogP contribution >= 0.6 is 11.6 Å². The zero-order valence-corrected chi connectivity index (χ0v) is 10.4. The molecule has 1 aromatic heterocycles. The second-order valence-corrected chi connectivity index (χ2v) is 4.66. The third-order valence-electron chi connectivity index (χ3n) is 2.59. The second-order valence-electron chi connectivity index (χ2n) is 4.23. The van der Waals surface area contributed by atoms with Crippen molar-refractivity contribution in [2.45, 2.75) is 13.0 Å². The molecular formula is C12H16ClN3. The maximum absolute atomic E-state index is 5.92. The summed E-state index contributed by atoms with van der Waals surface area (Å²) in [6.07, 6.45) is 3.01. The van der Waals surface area contributed by atoms with Gasteiger partial charge in [0.05, 0.1) is 17.4 Å². The van der Waals surface area contributed by atoms with Gasteiger partial charge >= 0.3 is 0 Å². The fourth-order valence-corrected chi connectivity index (χ4v) is 1.94. The molecule has 86 valence electrons. The highest BCUT2D eigenvalue weighted by molar-refractivity contribution is 6.31. The molecular weight excluding hydrogens is 222 g/mol. The molecule has 1 heterocycles. The van der Waals surface area contributed by atoms with Crippen LogP contribution < -0.4 is 0 Å². The lowest BCUT2D eigenvalue weighted by Crippen LogP contribution is -2.14. The number of nitrogens with zero attached hydrogens (tertiary/aromatic N) is 3. The van der Waals surface area contributed by atoms with E-state index in [2.05, 4.69) is 28.5 Å². The van der Waals surface area contributed by atoms with E-state index in [1.54, 1.807) is 0 Å². The standard InChI is InChI=1S/C12H16ClN3/c1-15(2)6-3-7-16-9-14-11-8-10(13)4-5-12(11)16/h4-5,8-9H,3,6-7H2,1-2H3. The summed E-state index contributed by atoms with van der Waals surface area (Å²) in [6.45, 7) is 2.09. The smallest absolute Gasteiger partial charge is 0.0958 e. The van der Waals surface area contributed by atoms with Gasteiger partial charge in [-0.15, -0.1) is 0 Å². The molecule has 1 aromatic carbocycles. The van der Waals surface area contributed by atoms with Crippen molar-refractivity contribution in [2.75, 3.05) is 20.6 Å². The number of aryl methyl sites for hydroxylation is 1. The van der Waals surface area contributed by atoms with Gasteiger partial charge in [0.15, 0.2) is 0 Å². The van der Waals surface area contributed by atoms with E-state index in [0.717, 1.165) is 35.6 Å². The molecule has 0 aliphatic rings. The normalized spacial score (nSPS) is 11.5. The summed E-state index contributed by atoms with van der Waals surface area (Å²) in [5.74, 6) is 0. The number of imidazole rings is 1. The van der Waals surface area contributed by atoms with Crippen molar-refractivity contribution in [2.24, 2.45) is 0 Å². The minimum Gasteiger partial charge on any atom is -0.331 e. The molecule has 0 fully saturated rings. The summed E-state index contributed by atoms with van der Waals surface area (Å²) in [6, 6.07) is 5.84. The molecule has 0 atom stereocenters. The van der Waals surface area contributed by atoms with E-state index in [1.807, 2.05) is 24.5 Å². The van der Waals surface area contributed by atoms with Gasteiger partial charge in [-0.25, -0.2) is 4.98 Å². The van der Waals surface area contributed by atoms with Crippen molar-refractivity contribution in [1.29, 1.82) is 0 Å². The Morgan fingerprint density at radius 3 is 2.94 bits per heavy atom. The van der Waals surface area contributed by atoms with Gasteiger partial charge in [-0.05, 0) is 45.3 Å². The fourth-order valence-electron chi connectivity index (χ4n) is 1.77. The number of hydrogen-bond donors (Lipinski definition) is 0. The highest BCUT2D eigenvalue weighted by Crippen LogP contribution is 2.18. The Kier molecular flexibility index (Phi) is 3.46. The van der Waals surface area contributed by atoms with Gasteiger partial charge in [0.25, 0.3) is 0 Å². The van der Waals surface area contributed by atoms with E-state index >= 15 is 0 Å². The molecule has 0 saturated carbocycles. The molecule has 0 bridgehead atoms. The first-order valence-corrected chi connectivity index (χ1v) is 5.80. The maximum Gasteiger partial charge on any atom is 0.0958 e. The Balaban J connectivity index is 2.13. The molecule has 3 nitrogen and oxygen atoms in total. The quantitative estimate of drug-likeness (QED) is 0.815. The molecule has 0 aliphatic heterocycles. The van der Waals surface area contributed by atoms with E-state index in [9.17, 15) is 0 Å². The first-order valence-electron chi connectivity index (χ1n) is 5.42. The van der Waals surface area contributed by atoms with Crippen LogP contribution in [0, 0.1) is 0 Å². The SMILES string of the molecule is CN(C)CCCn1cnc2cc(Cl)ccc21. The van der Waals surface area contributed by atoms with Gasteiger partial charge in [0.1, 0.15) is 0 Å². The van der Waals surface area contributed by atoms with Crippen molar-refractivity contribution >= 4 is 22.6 Å². The van der Waals surface area contributed by atoms with Crippen LogP contribution in [0.15, 0.2) is 24.5 Å². The summed E-state index contributed by atoms with van der Waals surface area (Å²) in [5.41, 5.74) is 2.13. The lowest BCUT2D eigenvalue weighted by Gasteiger charge is -2.09. The van der Waals surface area contributed by atoms with Crippen LogP contribution in [0.3, 0.4) is 0 Å². The minimum absolute atomic E-state index is 0.742. The lowest BCUT2D eigenvalue weighted by molar-refractivity contribution is 0.387. The highest BCUT2D eigenvalue weighted by Gasteiger charge is 2.02. The van der Waals surface area contributed by atoms with Crippen LogP contribution in [0.1, 0.15) is 6.42 Å². The number of hydrogen-bond acceptors (Lipinski definition) is 2. The van der Waals surface area contributed by atoms with Gasteiger partial charge in [-0.3, -0.25) is 0 Å². The van der Waals surface area contributed by atoms with E-state index in [1.165, 1.54) is 0 Å². The fraction of sp³-hybridized carbons (Fsp3) is 0.417. The molecule has 4 heteroatoms. The van der Waals surface area contributed by atoms with Gasteiger partial charge in [0, 0.05) is 11.6 Å². The maximum atomic E-state index is 5.92. The molecule has 16 heavy (non-hydrogen) atoms. The van der Waals surface area contributed by atoms with Crippen LogP contribution in [-0.4, -0.2) is 35.1 Å². The van der Waals surface area contributed by atoms with Crippen molar-refractivity contribution < 1.29 is 0 Å². The van der Waals surface area contributed by atoms with Crippen LogP contribution in [0.5, 0.6) is 0 Å². The number of halogens is 1. The molecule has 0 radical (unpaired) electrons. The first-order chi connectivity index (χ1) is 7.66. The largest absolute Gasteiger partial charge is 0.331 e. The molecule has 0 spiro atoms. The summed E-state index contributed by atoms with van der Waals surface area (Å²) in [4.78, 5) is 6.53. The molecule has 0 N–H and O–H groups in total. The Bertz CT molecular complexity index is 476. The van der Waals surface area contributed by atoms with E-state index in [-0.39, 0.29) is 0 Å². The van der Waals surface area contributed by atoms with Crippen LogP contribution in [0.2, 0.25) is 5.02 Å². The monoisotopic (exact) mass is 237 g/mol. The number of rotatable bonds is 4. The van der Waals surface area contributed by atoms with E-state index in [4.69, 9.17) is 11.6 Å². The highest BCUT2D eigenvalue weighted by atomic mass is 35.5. The molecule has 0 amide bonds. The van der Waals surface area contributed by atoms with Crippen molar-refractivity contribution in [3.63, 3.8) is 0 Å². The van der Waals surface area contributed by atoms with Crippen LogP contribution in [0.25, 0.3) is 11.0 Å². The predicted molar refractivity (Wildman–Crippen MR) is 67.9 cm³/mol. The number of aromatic nitrogens is 2. The van der Waals surface area contributed by atoms with E-state index < -0.39 is 0 Å². The Morgan fingerprint density at radius 1 is 1.38 bits per heavy atom. The Morgan fingerprint density at radius 2 is 2.19 bits per heavy atom. The predicted octanol–water partition coefficient (Wildman–Crippen LogP) is 2.64. The summed E-state index contributed by atoms with van der Waals surface area (Å²) >= 11 is 5.92. The lowest BCUT2D eigenvalue weighted by atomic mass is 10.3. The number of fused-ring (bicyclic) bond motifs is 1. The number of benzene rings is 1. The first kappa shape index (κ1) is 11.4. The van der Waals surface area contributed by atoms with E-state index in [0.29, 0.717) is 0 Å². The van der Waals surface area contributed by atoms with Crippen LogP contribution in [-0.2, 0) is 6.54 Å². The minimum atomic E-state index is 0.742. The molecule has 0 aliphatic carbocycles. The molecule has 0 saturated heterocycles. The van der Waals surface area contributed by atoms with Crippen LogP contribution in [0.4, 0.5) is 0 Å². The van der Waals surface area contributed by atoms with Gasteiger partial charge in [-0.2, -0.15) is 0 Å². The Hall–Kier alpha value is -1.06. The third-order valence-corrected chi connectivity index (χ3v) is 2.82.